The van der Waals surface area contributed by atoms with Crippen molar-refractivity contribution in [3.63, 3.8) is 0 Å². The number of hydrogen-bond donors (Lipinski definition) is 2. The number of halogens is 2. The Morgan fingerprint density at radius 3 is 2.21 bits per heavy atom. The molecule has 0 aliphatic carbocycles. The summed E-state index contributed by atoms with van der Waals surface area (Å²) >= 11 is 0. The minimum Gasteiger partial charge on any atom is -0.484 e. The highest BCUT2D eigenvalue weighted by Crippen LogP contribution is 2.26. The van der Waals surface area contributed by atoms with Crippen molar-refractivity contribution in [3.8, 4) is 17.2 Å². The first-order chi connectivity index (χ1) is 15.9. The second-order valence-corrected chi connectivity index (χ2v) is 8.13. The molecule has 184 valence electrons. The average Bonchev–Trinajstić information content (AvgIpc) is 2.74. The van der Waals surface area contributed by atoms with Gasteiger partial charge in [0, 0.05) is 38.6 Å². The van der Waals surface area contributed by atoms with Crippen LogP contribution in [0.25, 0.3) is 0 Å². The van der Waals surface area contributed by atoms with Gasteiger partial charge >= 0.3 is 0 Å². The van der Waals surface area contributed by atoms with E-state index in [1.165, 1.54) is 12.1 Å². The maximum absolute atomic E-state index is 14.0. The van der Waals surface area contributed by atoms with Crippen LogP contribution in [0.4, 0.5) is 8.78 Å². The molecule has 0 unspecified atom stereocenters. The molecule has 2 N–H and O–H groups in total. The minimum atomic E-state index is -2.03. The smallest absolute Gasteiger partial charge is 0.262 e. The zero-order valence-corrected chi connectivity index (χ0v) is 19.8. The van der Waals surface area contributed by atoms with Crippen LogP contribution in [0, 0.1) is 19.7 Å². The normalized spacial score (nSPS) is 10.9. The van der Waals surface area contributed by atoms with E-state index >= 15 is 0 Å². The Balaban J connectivity index is 1.65. The van der Waals surface area contributed by atoms with Gasteiger partial charge in [-0.1, -0.05) is 12.6 Å². The Labute approximate surface area is 198 Å². The molecule has 0 radical (unpaired) electrons. The molecule has 0 aliphatic heterocycles. The Kier molecular flexibility index (Phi) is 9.41. The summed E-state index contributed by atoms with van der Waals surface area (Å²) in [6, 6.07) is 9.17. The number of benzene rings is 2. The summed E-state index contributed by atoms with van der Waals surface area (Å²) < 4.78 is 43.0. The molecule has 2 aromatic rings. The first-order valence-electron chi connectivity index (χ1n) is 10.7. The van der Waals surface area contributed by atoms with Gasteiger partial charge in [0.2, 0.25) is 5.85 Å². The molecule has 0 bridgehead atoms. The van der Waals surface area contributed by atoms with E-state index in [4.69, 9.17) is 14.2 Å². The fraction of sp³-hybridized carbons (Fsp3) is 0.360. The van der Waals surface area contributed by atoms with Gasteiger partial charge < -0.3 is 24.8 Å². The number of alkyl halides is 1. The zero-order chi connectivity index (χ0) is 25.3. The summed E-state index contributed by atoms with van der Waals surface area (Å²) in [4.78, 5) is 23.9. The van der Waals surface area contributed by atoms with Crippen molar-refractivity contribution >= 4 is 11.8 Å². The summed E-state index contributed by atoms with van der Waals surface area (Å²) in [6.07, 6.45) is 0.306. The highest BCUT2D eigenvalue weighted by Gasteiger charge is 2.19. The van der Waals surface area contributed by atoms with Crippen molar-refractivity contribution in [2.45, 2.75) is 40.0 Å². The fourth-order valence-electron chi connectivity index (χ4n) is 2.72. The molecule has 9 heteroatoms. The fourth-order valence-corrected chi connectivity index (χ4v) is 2.72. The maximum atomic E-state index is 14.0. The van der Waals surface area contributed by atoms with Crippen LogP contribution in [-0.4, -0.2) is 37.4 Å². The van der Waals surface area contributed by atoms with E-state index in [0.29, 0.717) is 17.9 Å². The Morgan fingerprint density at radius 2 is 1.59 bits per heavy atom. The molecule has 0 aliphatic rings. The van der Waals surface area contributed by atoms with Crippen LogP contribution in [0.3, 0.4) is 0 Å². The van der Waals surface area contributed by atoms with Crippen LogP contribution in [-0.2, 0) is 9.59 Å². The van der Waals surface area contributed by atoms with Gasteiger partial charge in [-0.15, -0.1) is 0 Å². The predicted molar refractivity (Wildman–Crippen MR) is 124 cm³/mol. The number of aryl methyl sites for hydroxylation is 2. The molecule has 0 saturated carbocycles. The second-order valence-electron chi connectivity index (χ2n) is 8.13. The highest BCUT2D eigenvalue weighted by atomic mass is 19.2. The lowest BCUT2D eigenvalue weighted by atomic mass is 10.1. The highest BCUT2D eigenvalue weighted by molar-refractivity contribution is 5.79. The van der Waals surface area contributed by atoms with Crippen molar-refractivity contribution in [3.05, 3.63) is 65.6 Å². The van der Waals surface area contributed by atoms with Gasteiger partial charge in [-0.2, -0.15) is 4.39 Å². The van der Waals surface area contributed by atoms with Crippen molar-refractivity contribution in [1.29, 1.82) is 0 Å². The van der Waals surface area contributed by atoms with E-state index in [1.54, 1.807) is 6.07 Å². The number of ether oxygens (including phenoxy) is 3. The van der Waals surface area contributed by atoms with Crippen LogP contribution < -0.4 is 24.8 Å². The number of amides is 2. The van der Waals surface area contributed by atoms with E-state index in [0.717, 1.165) is 31.0 Å². The van der Waals surface area contributed by atoms with Crippen LogP contribution in [0.15, 0.2) is 48.7 Å². The van der Waals surface area contributed by atoms with Crippen molar-refractivity contribution in [2.75, 3.05) is 19.8 Å². The lowest BCUT2D eigenvalue weighted by Crippen LogP contribution is -2.32. The molecule has 0 atom stereocenters. The Bertz CT molecular complexity index is 1030. The van der Waals surface area contributed by atoms with Crippen molar-refractivity contribution < 1.29 is 32.6 Å². The molecule has 0 saturated heterocycles. The van der Waals surface area contributed by atoms with Gasteiger partial charge in [-0.3, -0.25) is 9.59 Å². The lowest BCUT2D eigenvalue weighted by molar-refractivity contribution is -0.123. The van der Waals surface area contributed by atoms with Gasteiger partial charge in [0.1, 0.15) is 11.5 Å². The monoisotopic (exact) mass is 476 g/mol. The summed E-state index contributed by atoms with van der Waals surface area (Å²) in [7, 11) is 0. The predicted octanol–water partition coefficient (Wildman–Crippen LogP) is 4.12. The van der Waals surface area contributed by atoms with E-state index in [2.05, 4.69) is 17.2 Å². The lowest BCUT2D eigenvalue weighted by Gasteiger charge is -2.17. The Hall–Kier alpha value is -3.62. The zero-order valence-electron chi connectivity index (χ0n) is 19.8. The minimum absolute atomic E-state index is 0.0945. The topological polar surface area (TPSA) is 85.9 Å². The molecule has 2 aromatic carbocycles. The molecule has 2 rings (SSSR count). The maximum Gasteiger partial charge on any atom is 0.262 e. The third-order valence-electron chi connectivity index (χ3n) is 4.54. The number of carbonyl (C=O) groups excluding carboxylic acids is 2. The van der Waals surface area contributed by atoms with Crippen LogP contribution in [0.5, 0.6) is 17.2 Å². The van der Waals surface area contributed by atoms with Gasteiger partial charge in [0.25, 0.3) is 11.8 Å². The average molecular weight is 477 g/mol. The first kappa shape index (κ1) is 26.6. The molecular weight excluding hydrogens is 446 g/mol. The standard InChI is InChI=1S/C25H30F2N2O5/c1-16-6-7-19(12-17(16)2)33-15-24(31)29-18(3)10-11-28-23(30)14-32-20-8-9-22(21(26)13-20)34-25(4,5)27/h6-9,12-13H,3,10-11,14-15H2,1-2,4-5H3,(H,28,30)(H,29,31). The Morgan fingerprint density at radius 1 is 0.971 bits per heavy atom. The molecular formula is C25H30F2N2O5. The SMILES string of the molecule is C=C(CCNC(=O)COc1ccc(OC(C)(C)F)c(F)c1)NC(=O)COc1ccc(C)c(C)c1. The first-order valence-corrected chi connectivity index (χ1v) is 10.7. The van der Waals surface area contributed by atoms with Crippen LogP contribution in [0.1, 0.15) is 31.4 Å². The summed E-state index contributed by atoms with van der Waals surface area (Å²) in [5.74, 6) is -3.20. The van der Waals surface area contributed by atoms with Gasteiger partial charge in [-0.25, -0.2) is 4.39 Å². The second kappa shape index (κ2) is 12.0. The van der Waals surface area contributed by atoms with Crippen LogP contribution >= 0.6 is 0 Å². The number of rotatable bonds is 12. The third-order valence-corrected chi connectivity index (χ3v) is 4.54. The quantitative estimate of drug-likeness (QED) is 0.481. The molecule has 0 fully saturated rings. The van der Waals surface area contributed by atoms with E-state index in [1.807, 2.05) is 26.0 Å². The van der Waals surface area contributed by atoms with Crippen LogP contribution in [0.2, 0.25) is 0 Å². The van der Waals surface area contributed by atoms with Gasteiger partial charge in [0.15, 0.2) is 24.8 Å². The summed E-state index contributed by atoms with van der Waals surface area (Å²) in [5.41, 5.74) is 2.62. The molecule has 0 heterocycles. The third kappa shape index (κ3) is 9.48. The molecule has 2 amide bonds. The van der Waals surface area contributed by atoms with E-state index in [9.17, 15) is 18.4 Å². The molecule has 0 spiro atoms. The molecule has 34 heavy (non-hydrogen) atoms. The number of hydrogen-bond acceptors (Lipinski definition) is 5. The number of nitrogens with one attached hydrogen (secondary N) is 2. The largest absolute Gasteiger partial charge is 0.484 e. The number of carbonyl (C=O) groups is 2. The van der Waals surface area contributed by atoms with Gasteiger partial charge in [0.05, 0.1) is 0 Å². The van der Waals surface area contributed by atoms with E-state index < -0.39 is 17.6 Å². The van der Waals surface area contributed by atoms with Gasteiger partial charge in [-0.05, 0) is 49.2 Å². The van der Waals surface area contributed by atoms with Crippen molar-refractivity contribution in [2.24, 2.45) is 0 Å². The van der Waals surface area contributed by atoms with Crippen molar-refractivity contribution in [1.82, 2.24) is 10.6 Å². The molecule has 7 nitrogen and oxygen atoms in total. The van der Waals surface area contributed by atoms with E-state index in [-0.39, 0.29) is 37.2 Å². The summed E-state index contributed by atoms with van der Waals surface area (Å²) in [6.45, 7) is 9.72. The molecule has 0 aromatic heterocycles. The summed E-state index contributed by atoms with van der Waals surface area (Å²) in [5, 5.41) is 5.22.